The lowest BCUT2D eigenvalue weighted by Gasteiger charge is -2.19. The van der Waals surface area contributed by atoms with Crippen molar-refractivity contribution in [2.45, 2.75) is 22.8 Å². The van der Waals surface area contributed by atoms with Gasteiger partial charge in [-0.3, -0.25) is 0 Å². The molecule has 0 bridgehead atoms. The van der Waals surface area contributed by atoms with Gasteiger partial charge >= 0.3 is 11.9 Å². The number of hydrogen-bond acceptors (Lipinski definition) is 8. The Hall–Kier alpha value is -2.82. The smallest absolute Gasteiger partial charge is 0.328 e. The van der Waals surface area contributed by atoms with Gasteiger partial charge in [0.1, 0.15) is 12.4 Å². The number of nitrogens with two attached hydrogens (primary N) is 1. The van der Waals surface area contributed by atoms with Crippen LogP contribution in [0.3, 0.4) is 0 Å². The number of phenols is 1. The van der Waals surface area contributed by atoms with Crippen LogP contribution in [0.4, 0.5) is 5.69 Å². The van der Waals surface area contributed by atoms with Gasteiger partial charge in [-0.2, -0.15) is 0 Å². The lowest BCUT2D eigenvalue weighted by Crippen LogP contribution is -2.39. The van der Waals surface area contributed by atoms with Gasteiger partial charge in [0.2, 0.25) is 0 Å². The summed E-state index contributed by atoms with van der Waals surface area (Å²) >= 11 is 3.49. The minimum absolute atomic E-state index is 0.194. The normalized spacial score (nSPS) is 16.0. The number of aromatic hydroxyl groups is 1. The van der Waals surface area contributed by atoms with E-state index in [0.717, 1.165) is 28.7 Å². The Morgan fingerprint density at radius 3 is 2.61 bits per heavy atom. The van der Waals surface area contributed by atoms with Crippen molar-refractivity contribution in [3.63, 3.8) is 0 Å². The summed E-state index contributed by atoms with van der Waals surface area (Å²) in [5, 5.41) is 29.2. The van der Waals surface area contributed by atoms with Crippen LogP contribution in [0.1, 0.15) is 6.92 Å². The molecule has 1 aliphatic heterocycles. The highest BCUT2D eigenvalue weighted by Crippen LogP contribution is 2.34. The van der Waals surface area contributed by atoms with E-state index in [1.54, 1.807) is 17.8 Å². The molecular formula is C23H28N2O6S2. The number of rotatable bonds is 8. The number of anilines is 1. The van der Waals surface area contributed by atoms with Gasteiger partial charge in [0.05, 0.1) is 16.6 Å². The summed E-state index contributed by atoms with van der Waals surface area (Å²) < 4.78 is 5.92. The van der Waals surface area contributed by atoms with E-state index >= 15 is 0 Å². The van der Waals surface area contributed by atoms with E-state index in [0.29, 0.717) is 36.4 Å². The number of phenolic OH excluding ortho intramolecular Hbond substituents is 1. The van der Waals surface area contributed by atoms with E-state index in [1.165, 1.54) is 4.90 Å². The fourth-order valence-corrected chi connectivity index (χ4v) is 4.74. The molecule has 178 valence electrons. The Morgan fingerprint density at radius 1 is 1.21 bits per heavy atom. The standard InChI is InChI=1S/C19H24N2O2S2.C4H4O4/c1-13(11-24-18-8-4-5-15(20)19(18)22)9-21-14-10-23-16-6-2-3-7-17(16)25-12-14;5-3(6)1-2-4(7)8/h2-8,13-14,21-22H,9-12,20H2,1H3;1-2H,(H,5,6)(H,7,8)/b;2-1-/t13-,14+;/m0./s1. The Bertz CT molecular complexity index is 927. The van der Waals surface area contributed by atoms with Crippen LogP contribution < -0.4 is 15.8 Å². The lowest BCUT2D eigenvalue weighted by atomic mass is 10.2. The van der Waals surface area contributed by atoms with Crippen LogP contribution in [0.5, 0.6) is 11.5 Å². The van der Waals surface area contributed by atoms with Gasteiger partial charge < -0.3 is 31.1 Å². The van der Waals surface area contributed by atoms with Crippen molar-refractivity contribution >= 4 is 41.1 Å². The second-order valence-electron chi connectivity index (χ2n) is 7.29. The summed E-state index contributed by atoms with van der Waals surface area (Å²) in [6.07, 6.45) is 1.12. The average molecular weight is 493 g/mol. The lowest BCUT2D eigenvalue weighted by molar-refractivity contribution is -0.134. The molecule has 0 fully saturated rings. The SMILES string of the molecule is C[C@@H](CN[C@@H]1COc2ccccc2SC1)CSc1cccc(N)c1O.O=C(O)/C=C\C(=O)O. The van der Waals surface area contributed by atoms with Gasteiger partial charge in [-0.1, -0.05) is 25.1 Å². The Kier molecular flexibility index (Phi) is 10.9. The first kappa shape index (κ1) is 26.4. The maximum atomic E-state index is 9.98. The van der Waals surface area contributed by atoms with E-state index < -0.39 is 11.9 Å². The summed E-state index contributed by atoms with van der Waals surface area (Å²) in [6.45, 7) is 3.82. The maximum absolute atomic E-state index is 9.98. The Balaban J connectivity index is 0.000000414. The molecule has 2 atom stereocenters. The molecule has 8 nitrogen and oxygen atoms in total. The highest BCUT2D eigenvalue weighted by Gasteiger charge is 2.18. The van der Waals surface area contributed by atoms with Gasteiger partial charge in [-0.25, -0.2) is 9.59 Å². The number of nitrogen functional groups attached to an aromatic ring is 1. The van der Waals surface area contributed by atoms with Gasteiger partial charge in [-0.05, 0) is 36.7 Å². The molecule has 10 heteroatoms. The molecule has 0 spiro atoms. The summed E-state index contributed by atoms with van der Waals surface area (Å²) in [5.74, 6) is 1.07. The first-order valence-electron chi connectivity index (χ1n) is 10.2. The number of thioether (sulfide) groups is 2. The molecule has 1 aliphatic rings. The highest BCUT2D eigenvalue weighted by atomic mass is 32.2. The molecule has 6 N–H and O–H groups in total. The number of ether oxygens (including phenoxy) is 1. The molecule has 1 heterocycles. The van der Waals surface area contributed by atoms with E-state index in [-0.39, 0.29) is 5.75 Å². The van der Waals surface area contributed by atoms with Gasteiger partial charge in [0, 0.05) is 28.6 Å². The predicted molar refractivity (Wildman–Crippen MR) is 131 cm³/mol. The van der Waals surface area contributed by atoms with Crippen LogP contribution in [-0.2, 0) is 9.59 Å². The second kappa shape index (κ2) is 13.7. The first-order chi connectivity index (χ1) is 15.8. The zero-order valence-corrected chi connectivity index (χ0v) is 19.8. The minimum atomic E-state index is -1.26. The average Bonchev–Trinajstić information content (AvgIpc) is 3.00. The largest absolute Gasteiger partial charge is 0.505 e. The van der Waals surface area contributed by atoms with E-state index in [1.807, 2.05) is 42.1 Å². The highest BCUT2D eigenvalue weighted by molar-refractivity contribution is 7.99. The molecule has 0 unspecified atom stereocenters. The number of carboxylic acid groups (broad SMARTS) is 2. The van der Waals surface area contributed by atoms with Crippen LogP contribution in [-0.4, -0.2) is 58.0 Å². The van der Waals surface area contributed by atoms with Gasteiger partial charge in [0.25, 0.3) is 0 Å². The van der Waals surface area contributed by atoms with Crippen molar-refractivity contribution in [2.75, 3.05) is 30.4 Å². The van der Waals surface area contributed by atoms with E-state index in [2.05, 4.69) is 18.3 Å². The van der Waals surface area contributed by atoms with Crippen LogP contribution >= 0.6 is 23.5 Å². The summed E-state index contributed by atoms with van der Waals surface area (Å²) in [6, 6.07) is 14.0. The van der Waals surface area contributed by atoms with E-state index in [9.17, 15) is 14.7 Å². The molecule has 2 aromatic rings. The van der Waals surface area contributed by atoms with Gasteiger partial charge in [0.15, 0.2) is 5.75 Å². The van der Waals surface area contributed by atoms with Crippen molar-refractivity contribution in [1.82, 2.24) is 5.32 Å². The number of nitrogens with one attached hydrogen (secondary N) is 1. The molecule has 0 aliphatic carbocycles. The van der Waals surface area contributed by atoms with Crippen molar-refractivity contribution in [1.29, 1.82) is 0 Å². The molecule has 0 saturated heterocycles. The van der Waals surface area contributed by atoms with Crippen LogP contribution in [0.25, 0.3) is 0 Å². The number of para-hydroxylation sites is 2. The molecule has 3 rings (SSSR count). The molecule has 0 aromatic heterocycles. The molecule has 0 amide bonds. The molecule has 2 aromatic carbocycles. The molecule has 33 heavy (non-hydrogen) atoms. The monoisotopic (exact) mass is 492 g/mol. The third-order valence-electron chi connectivity index (χ3n) is 4.41. The van der Waals surface area contributed by atoms with Crippen molar-refractivity contribution in [3.05, 3.63) is 54.6 Å². The summed E-state index contributed by atoms with van der Waals surface area (Å²) in [4.78, 5) is 21.2. The maximum Gasteiger partial charge on any atom is 0.328 e. The van der Waals surface area contributed by atoms with Crippen LogP contribution in [0, 0.1) is 5.92 Å². The Morgan fingerprint density at radius 2 is 1.91 bits per heavy atom. The van der Waals surface area contributed by atoms with Crippen molar-refractivity contribution in [2.24, 2.45) is 5.92 Å². The Labute approximate surface area is 201 Å². The minimum Gasteiger partial charge on any atom is -0.505 e. The van der Waals surface area contributed by atoms with Crippen molar-refractivity contribution < 1.29 is 29.6 Å². The third kappa shape index (κ3) is 9.68. The first-order valence-corrected chi connectivity index (χ1v) is 12.2. The van der Waals surface area contributed by atoms with Gasteiger partial charge in [-0.15, -0.1) is 23.5 Å². The molecule has 0 saturated carbocycles. The number of benzene rings is 2. The van der Waals surface area contributed by atoms with Crippen LogP contribution in [0.2, 0.25) is 0 Å². The third-order valence-corrected chi connectivity index (χ3v) is 7.00. The van der Waals surface area contributed by atoms with Crippen LogP contribution in [0.15, 0.2) is 64.4 Å². The van der Waals surface area contributed by atoms with Crippen molar-refractivity contribution in [3.8, 4) is 11.5 Å². The zero-order chi connectivity index (χ0) is 24.2. The topological polar surface area (TPSA) is 142 Å². The number of aliphatic carboxylic acids is 2. The number of carboxylic acids is 2. The molecular weight excluding hydrogens is 464 g/mol. The van der Waals surface area contributed by atoms with E-state index in [4.69, 9.17) is 20.7 Å². The number of carbonyl (C=O) groups is 2. The predicted octanol–water partition coefficient (Wildman–Crippen LogP) is 3.56. The zero-order valence-electron chi connectivity index (χ0n) is 18.1. The molecule has 0 radical (unpaired) electrons. The quantitative estimate of drug-likeness (QED) is 0.161. The number of fused-ring (bicyclic) bond motifs is 1. The fourth-order valence-electron chi connectivity index (χ4n) is 2.69. The second-order valence-corrected chi connectivity index (χ2v) is 9.42. The summed E-state index contributed by atoms with van der Waals surface area (Å²) in [7, 11) is 0. The number of hydrogen-bond donors (Lipinski definition) is 5. The fraction of sp³-hybridized carbons (Fsp3) is 0.304. The summed E-state index contributed by atoms with van der Waals surface area (Å²) in [5.41, 5.74) is 6.18.